The number of carbonyl (C=O) groups excluding carboxylic acids is 1. The molecule has 0 aliphatic carbocycles. The fraction of sp³-hybridized carbons (Fsp3) is 0.231. The third kappa shape index (κ3) is 3.71. The number of carboxylic acids is 1. The molecule has 1 atom stereocenters. The SMILES string of the molecule is Cc1ccc(C(=O)C(C)Cl)cc1/C=C/C(=O)O. The summed E-state index contributed by atoms with van der Waals surface area (Å²) in [6, 6.07) is 5.11. The Bertz CT molecular complexity index is 476. The van der Waals surface area contributed by atoms with Gasteiger partial charge in [-0.05, 0) is 37.1 Å². The molecule has 3 nitrogen and oxygen atoms in total. The normalized spacial score (nSPS) is 12.6. The Kier molecular flexibility index (Phi) is 4.46. The van der Waals surface area contributed by atoms with Crippen molar-refractivity contribution < 1.29 is 14.7 Å². The topological polar surface area (TPSA) is 54.4 Å². The zero-order valence-corrected chi connectivity index (χ0v) is 10.4. The zero-order valence-electron chi connectivity index (χ0n) is 9.61. The van der Waals surface area contributed by atoms with E-state index in [4.69, 9.17) is 16.7 Å². The first-order valence-corrected chi connectivity index (χ1v) is 5.55. The molecule has 4 heteroatoms. The van der Waals surface area contributed by atoms with Crippen LogP contribution in [-0.4, -0.2) is 22.2 Å². The van der Waals surface area contributed by atoms with E-state index in [1.54, 1.807) is 25.1 Å². The van der Waals surface area contributed by atoms with Crippen LogP contribution < -0.4 is 0 Å². The largest absolute Gasteiger partial charge is 0.478 e. The Balaban J connectivity index is 3.10. The highest BCUT2D eigenvalue weighted by molar-refractivity contribution is 6.33. The first kappa shape index (κ1) is 13.5. The molecule has 17 heavy (non-hydrogen) atoms. The molecule has 0 saturated carbocycles. The van der Waals surface area contributed by atoms with Crippen molar-refractivity contribution in [2.24, 2.45) is 0 Å². The van der Waals surface area contributed by atoms with Crippen LogP contribution in [0.2, 0.25) is 0 Å². The summed E-state index contributed by atoms with van der Waals surface area (Å²) < 4.78 is 0. The third-order valence-corrected chi connectivity index (χ3v) is 2.53. The second-order valence-electron chi connectivity index (χ2n) is 3.72. The number of benzene rings is 1. The van der Waals surface area contributed by atoms with Crippen molar-refractivity contribution in [2.75, 3.05) is 0 Å². The van der Waals surface area contributed by atoms with Gasteiger partial charge >= 0.3 is 5.97 Å². The highest BCUT2D eigenvalue weighted by Crippen LogP contribution is 2.16. The van der Waals surface area contributed by atoms with E-state index in [0.29, 0.717) is 11.1 Å². The molecule has 0 aromatic heterocycles. The number of carbonyl (C=O) groups is 2. The lowest BCUT2D eigenvalue weighted by atomic mass is 10.0. The van der Waals surface area contributed by atoms with Crippen molar-refractivity contribution in [3.8, 4) is 0 Å². The van der Waals surface area contributed by atoms with Crippen LogP contribution in [0.4, 0.5) is 0 Å². The molecule has 90 valence electrons. The Morgan fingerprint density at radius 1 is 1.41 bits per heavy atom. The summed E-state index contributed by atoms with van der Waals surface area (Å²) in [5, 5.41) is 7.97. The molecule has 1 unspecified atom stereocenters. The molecule has 1 N–H and O–H groups in total. The Morgan fingerprint density at radius 3 is 2.59 bits per heavy atom. The molecular formula is C13H13ClO3. The summed E-state index contributed by atoms with van der Waals surface area (Å²) in [5.41, 5.74) is 2.10. The average molecular weight is 253 g/mol. The van der Waals surface area contributed by atoms with E-state index in [9.17, 15) is 9.59 Å². The smallest absolute Gasteiger partial charge is 0.328 e. The number of hydrogen-bond donors (Lipinski definition) is 1. The van der Waals surface area contributed by atoms with Gasteiger partial charge in [0, 0.05) is 11.6 Å². The van der Waals surface area contributed by atoms with Crippen LogP contribution in [0.1, 0.15) is 28.4 Å². The molecular weight excluding hydrogens is 240 g/mol. The van der Waals surface area contributed by atoms with E-state index in [-0.39, 0.29) is 5.78 Å². The van der Waals surface area contributed by atoms with E-state index < -0.39 is 11.3 Å². The zero-order chi connectivity index (χ0) is 13.0. The molecule has 0 saturated heterocycles. The highest BCUT2D eigenvalue weighted by atomic mass is 35.5. The fourth-order valence-electron chi connectivity index (χ4n) is 1.36. The number of aryl methyl sites for hydroxylation is 1. The number of aliphatic carboxylic acids is 1. The summed E-state index contributed by atoms with van der Waals surface area (Å²) in [6.45, 7) is 3.45. The van der Waals surface area contributed by atoms with Gasteiger partial charge in [0.05, 0.1) is 5.38 Å². The molecule has 0 amide bonds. The molecule has 0 radical (unpaired) electrons. The molecule has 0 aliphatic heterocycles. The molecule has 0 spiro atoms. The number of hydrogen-bond acceptors (Lipinski definition) is 2. The van der Waals surface area contributed by atoms with Gasteiger partial charge in [0.15, 0.2) is 5.78 Å². The lowest BCUT2D eigenvalue weighted by Gasteiger charge is -2.06. The molecule has 0 aliphatic rings. The van der Waals surface area contributed by atoms with Crippen LogP contribution in [0, 0.1) is 6.92 Å². The van der Waals surface area contributed by atoms with E-state index in [0.717, 1.165) is 11.6 Å². The predicted octanol–water partition coefficient (Wildman–Crippen LogP) is 2.90. The van der Waals surface area contributed by atoms with Crippen molar-refractivity contribution in [3.05, 3.63) is 41.0 Å². The first-order valence-electron chi connectivity index (χ1n) is 5.11. The van der Waals surface area contributed by atoms with Crippen LogP contribution in [-0.2, 0) is 4.79 Å². The molecule has 1 aromatic carbocycles. The molecule has 0 fully saturated rings. The highest BCUT2D eigenvalue weighted by Gasteiger charge is 2.12. The second-order valence-corrected chi connectivity index (χ2v) is 4.38. The van der Waals surface area contributed by atoms with Crippen LogP contribution in [0.5, 0.6) is 0 Å². The van der Waals surface area contributed by atoms with Crippen molar-refractivity contribution >= 4 is 29.4 Å². The number of Topliss-reactive ketones (excluding diaryl/α,β-unsaturated/α-hetero) is 1. The second kappa shape index (κ2) is 5.64. The summed E-state index contributed by atoms with van der Waals surface area (Å²) in [6.07, 6.45) is 2.51. The van der Waals surface area contributed by atoms with Gasteiger partial charge in [0.25, 0.3) is 0 Å². The van der Waals surface area contributed by atoms with Gasteiger partial charge in [-0.2, -0.15) is 0 Å². The van der Waals surface area contributed by atoms with Crippen LogP contribution in [0.3, 0.4) is 0 Å². The Hall–Kier alpha value is -1.61. The quantitative estimate of drug-likeness (QED) is 0.509. The van der Waals surface area contributed by atoms with Gasteiger partial charge in [-0.1, -0.05) is 12.1 Å². The number of alkyl halides is 1. The minimum absolute atomic E-state index is 0.170. The van der Waals surface area contributed by atoms with Crippen LogP contribution in [0.15, 0.2) is 24.3 Å². The van der Waals surface area contributed by atoms with Crippen molar-refractivity contribution in [3.63, 3.8) is 0 Å². The maximum Gasteiger partial charge on any atom is 0.328 e. The van der Waals surface area contributed by atoms with Crippen LogP contribution >= 0.6 is 11.6 Å². The summed E-state index contributed by atoms with van der Waals surface area (Å²) >= 11 is 5.72. The molecule has 1 rings (SSSR count). The third-order valence-electron chi connectivity index (χ3n) is 2.33. The first-order chi connectivity index (χ1) is 7.91. The van der Waals surface area contributed by atoms with E-state index in [1.165, 1.54) is 6.08 Å². The number of carboxylic acid groups (broad SMARTS) is 1. The number of halogens is 1. The Morgan fingerprint density at radius 2 is 2.06 bits per heavy atom. The minimum Gasteiger partial charge on any atom is -0.478 e. The van der Waals surface area contributed by atoms with Gasteiger partial charge in [0.1, 0.15) is 0 Å². The number of ketones is 1. The standard InChI is InChI=1S/C13H13ClO3/c1-8-3-4-11(13(17)9(2)14)7-10(8)5-6-12(15)16/h3-7,9H,1-2H3,(H,15,16)/b6-5+. The van der Waals surface area contributed by atoms with Gasteiger partial charge in [-0.3, -0.25) is 4.79 Å². The van der Waals surface area contributed by atoms with Crippen molar-refractivity contribution in [2.45, 2.75) is 19.2 Å². The summed E-state index contributed by atoms with van der Waals surface area (Å²) in [4.78, 5) is 22.1. The maximum atomic E-state index is 11.7. The van der Waals surface area contributed by atoms with Gasteiger partial charge in [-0.25, -0.2) is 4.79 Å². The lowest BCUT2D eigenvalue weighted by molar-refractivity contribution is -0.131. The number of rotatable bonds is 4. The summed E-state index contributed by atoms with van der Waals surface area (Å²) in [7, 11) is 0. The van der Waals surface area contributed by atoms with Crippen molar-refractivity contribution in [1.29, 1.82) is 0 Å². The lowest BCUT2D eigenvalue weighted by Crippen LogP contribution is -2.10. The van der Waals surface area contributed by atoms with Gasteiger partial charge < -0.3 is 5.11 Å². The average Bonchev–Trinajstić information content (AvgIpc) is 2.26. The van der Waals surface area contributed by atoms with Gasteiger partial charge in [0.2, 0.25) is 0 Å². The van der Waals surface area contributed by atoms with Gasteiger partial charge in [-0.15, -0.1) is 11.6 Å². The Labute approximate surface area is 105 Å². The monoisotopic (exact) mass is 252 g/mol. The van der Waals surface area contributed by atoms with E-state index in [2.05, 4.69) is 0 Å². The molecule has 0 heterocycles. The predicted molar refractivity (Wildman–Crippen MR) is 67.5 cm³/mol. The summed E-state index contributed by atoms with van der Waals surface area (Å²) in [5.74, 6) is -1.19. The van der Waals surface area contributed by atoms with Crippen LogP contribution in [0.25, 0.3) is 6.08 Å². The molecule has 1 aromatic rings. The van der Waals surface area contributed by atoms with E-state index in [1.807, 2.05) is 6.92 Å². The van der Waals surface area contributed by atoms with E-state index >= 15 is 0 Å². The minimum atomic E-state index is -1.02. The molecule has 0 bridgehead atoms. The fourth-order valence-corrected chi connectivity index (χ4v) is 1.49. The van der Waals surface area contributed by atoms with Crippen molar-refractivity contribution in [1.82, 2.24) is 0 Å². The maximum absolute atomic E-state index is 11.7.